The Kier molecular flexibility index (Phi) is 5.48. The predicted octanol–water partition coefficient (Wildman–Crippen LogP) is 1.92. The van der Waals surface area contributed by atoms with Crippen molar-refractivity contribution >= 4 is 15.9 Å². The number of ether oxygens (including phenoxy) is 1. The summed E-state index contributed by atoms with van der Waals surface area (Å²) < 4.78 is 11.0. The van der Waals surface area contributed by atoms with Gasteiger partial charge in [-0.25, -0.2) is 0 Å². The fourth-order valence-corrected chi connectivity index (χ4v) is 1.65. The van der Waals surface area contributed by atoms with Gasteiger partial charge in [-0.3, -0.25) is 0 Å². The number of nitrogens with one attached hydrogen (secondary N) is 1. The lowest BCUT2D eigenvalue weighted by Crippen LogP contribution is -2.38. The molecular formula is C11H18BrNO3. The number of methoxy groups -OCH3 is 1. The second-order valence-corrected chi connectivity index (χ2v) is 4.83. The molecule has 0 aliphatic rings. The number of halogens is 1. The normalized spacial score (nSPS) is 15.0. The minimum Gasteiger partial charge on any atom is -0.453 e. The topological polar surface area (TPSA) is 54.6 Å². The highest BCUT2D eigenvalue weighted by atomic mass is 79.9. The molecule has 2 N–H and O–H groups in total. The molecule has 1 heterocycles. The van der Waals surface area contributed by atoms with E-state index in [1.165, 1.54) is 0 Å². The molecule has 0 saturated heterocycles. The van der Waals surface area contributed by atoms with Gasteiger partial charge in [0, 0.05) is 26.7 Å². The van der Waals surface area contributed by atoms with Gasteiger partial charge in [-0.05, 0) is 35.0 Å². The van der Waals surface area contributed by atoms with Crippen molar-refractivity contribution < 1.29 is 14.3 Å². The zero-order chi connectivity index (χ0) is 12.0. The molecule has 0 saturated carbocycles. The number of rotatable bonds is 7. The first-order valence-corrected chi connectivity index (χ1v) is 5.99. The Labute approximate surface area is 104 Å². The van der Waals surface area contributed by atoms with Gasteiger partial charge in [-0.1, -0.05) is 0 Å². The van der Waals surface area contributed by atoms with Crippen LogP contribution in [-0.2, 0) is 11.3 Å². The Morgan fingerprint density at radius 3 is 2.88 bits per heavy atom. The molecule has 0 aliphatic heterocycles. The van der Waals surface area contributed by atoms with Gasteiger partial charge in [0.15, 0.2) is 4.67 Å². The molecule has 5 heteroatoms. The monoisotopic (exact) mass is 291 g/mol. The van der Waals surface area contributed by atoms with Gasteiger partial charge >= 0.3 is 0 Å². The predicted molar refractivity (Wildman–Crippen MR) is 65.2 cm³/mol. The lowest BCUT2D eigenvalue weighted by Gasteiger charge is -2.23. The summed E-state index contributed by atoms with van der Waals surface area (Å²) in [7, 11) is 1.63. The van der Waals surface area contributed by atoms with E-state index in [2.05, 4.69) is 21.2 Å². The molecule has 1 atom stereocenters. The fraction of sp³-hybridized carbons (Fsp3) is 0.636. The van der Waals surface area contributed by atoms with Crippen LogP contribution in [0.3, 0.4) is 0 Å². The van der Waals surface area contributed by atoms with Crippen LogP contribution in [0.2, 0.25) is 0 Å². The van der Waals surface area contributed by atoms with Crippen LogP contribution in [0.25, 0.3) is 0 Å². The minimum absolute atomic E-state index is 0.509. The molecule has 1 rings (SSSR count). The second kappa shape index (κ2) is 6.39. The molecule has 1 aromatic heterocycles. The third-order valence-corrected chi connectivity index (χ3v) is 2.70. The molecule has 0 aromatic carbocycles. The zero-order valence-corrected chi connectivity index (χ0v) is 11.2. The van der Waals surface area contributed by atoms with Gasteiger partial charge < -0.3 is 19.6 Å². The van der Waals surface area contributed by atoms with Crippen LogP contribution >= 0.6 is 15.9 Å². The first-order chi connectivity index (χ1) is 7.53. The van der Waals surface area contributed by atoms with Crippen molar-refractivity contribution in [3.8, 4) is 0 Å². The smallest absolute Gasteiger partial charge is 0.169 e. The summed E-state index contributed by atoms with van der Waals surface area (Å²) in [4.78, 5) is 0. The summed E-state index contributed by atoms with van der Waals surface area (Å²) in [5, 5.41) is 13.1. The SMILES string of the molecule is COCCC(C)(O)CNCc1ccc(Br)o1. The Morgan fingerprint density at radius 1 is 1.56 bits per heavy atom. The van der Waals surface area contributed by atoms with Crippen LogP contribution in [-0.4, -0.2) is 31.0 Å². The van der Waals surface area contributed by atoms with Gasteiger partial charge in [-0.2, -0.15) is 0 Å². The van der Waals surface area contributed by atoms with Crippen molar-refractivity contribution in [2.24, 2.45) is 0 Å². The van der Waals surface area contributed by atoms with Crippen molar-refractivity contribution in [2.75, 3.05) is 20.3 Å². The Morgan fingerprint density at radius 2 is 2.31 bits per heavy atom. The summed E-state index contributed by atoms with van der Waals surface area (Å²) in [5.41, 5.74) is -0.750. The Bertz CT molecular complexity index is 312. The minimum atomic E-state index is -0.750. The van der Waals surface area contributed by atoms with E-state index in [-0.39, 0.29) is 0 Å². The van der Waals surface area contributed by atoms with E-state index in [0.717, 1.165) is 10.4 Å². The van der Waals surface area contributed by atoms with Gasteiger partial charge in [0.05, 0.1) is 12.1 Å². The highest BCUT2D eigenvalue weighted by Gasteiger charge is 2.19. The first-order valence-electron chi connectivity index (χ1n) is 5.20. The summed E-state index contributed by atoms with van der Waals surface area (Å²) in [6.45, 7) is 3.46. The number of hydrogen-bond donors (Lipinski definition) is 2. The zero-order valence-electron chi connectivity index (χ0n) is 9.62. The highest BCUT2D eigenvalue weighted by molar-refractivity contribution is 9.10. The molecule has 0 fully saturated rings. The van der Waals surface area contributed by atoms with E-state index in [1.807, 2.05) is 12.1 Å². The molecule has 0 amide bonds. The molecule has 1 unspecified atom stereocenters. The van der Waals surface area contributed by atoms with E-state index < -0.39 is 5.60 Å². The maximum Gasteiger partial charge on any atom is 0.169 e. The van der Waals surface area contributed by atoms with Crippen LogP contribution in [0.15, 0.2) is 21.2 Å². The average Bonchev–Trinajstić information content (AvgIpc) is 2.61. The lowest BCUT2D eigenvalue weighted by atomic mass is 10.0. The third kappa shape index (κ3) is 5.12. The van der Waals surface area contributed by atoms with Crippen LogP contribution < -0.4 is 5.32 Å². The van der Waals surface area contributed by atoms with Crippen LogP contribution in [0.4, 0.5) is 0 Å². The standard InChI is InChI=1S/C11H18BrNO3/c1-11(14,5-6-15-2)8-13-7-9-3-4-10(12)16-9/h3-4,13-14H,5-8H2,1-2H3. The summed E-state index contributed by atoms with van der Waals surface area (Å²) >= 11 is 3.24. The second-order valence-electron chi connectivity index (χ2n) is 4.05. The van der Waals surface area contributed by atoms with Crippen LogP contribution in [0.5, 0.6) is 0 Å². The van der Waals surface area contributed by atoms with E-state index in [4.69, 9.17) is 9.15 Å². The maximum absolute atomic E-state index is 9.95. The molecular weight excluding hydrogens is 274 g/mol. The van der Waals surface area contributed by atoms with Crippen LogP contribution in [0, 0.1) is 0 Å². The summed E-state index contributed by atoms with van der Waals surface area (Å²) in [6, 6.07) is 3.74. The molecule has 0 radical (unpaired) electrons. The van der Waals surface area contributed by atoms with Gasteiger partial charge in [0.25, 0.3) is 0 Å². The molecule has 4 nitrogen and oxygen atoms in total. The summed E-state index contributed by atoms with van der Waals surface area (Å²) in [5.74, 6) is 0.842. The lowest BCUT2D eigenvalue weighted by molar-refractivity contribution is 0.0244. The number of aliphatic hydroxyl groups is 1. The molecule has 0 bridgehead atoms. The molecule has 0 spiro atoms. The van der Waals surface area contributed by atoms with Gasteiger partial charge in [0.1, 0.15) is 5.76 Å². The van der Waals surface area contributed by atoms with E-state index >= 15 is 0 Å². The molecule has 92 valence electrons. The fourth-order valence-electron chi connectivity index (χ4n) is 1.31. The maximum atomic E-state index is 9.95. The molecule has 0 aliphatic carbocycles. The van der Waals surface area contributed by atoms with Crippen molar-refractivity contribution in [3.05, 3.63) is 22.6 Å². The Balaban J connectivity index is 2.24. The molecule has 16 heavy (non-hydrogen) atoms. The average molecular weight is 292 g/mol. The highest BCUT2D eigenvalue weighted by Crippen LogP contribution is 2.14. The Hall–Kier alpha value is -0.360. The van der Waals surface area contributed by atoms with Crippen molar-refractivity contribution in [2.45, 2.75) is 25.5 Å². The van der Waals surface area contributed by atoms with E-state index in [1.54, 1.807) is 14.0 Å². The van der Waals surface area contributed by atoms with Crippen molar-refractivity contribution in [3.63, 3.8) is 0 Å². The van der Waals surface area contributed by atoms with E-state index in [0.29, 0.717) is 26.1 Å². The third-order valence-electron chi connectivity index (χ3n) is 2.28. The van der Waals surface area contributed by atoms with E-state index in [9.17, 15) is 5.11 Å². The summed E-state index contributed by atoms with van der Waals surface area (Å²) in [6.07, 6.45) is 0.609. The largest absolute Gasteiger partial charge is 0.453 e. The number of furan rings is 1. The van der Waals surface area contributed by atoms with Crippen molar-refractivity contribution in [1.82, 2.24) is 5.32 Å². The van der Waals surface area contributed by atoms with Gasteiger partial charge in [-0.15, -0.1) is 0 Å². The first kappa shape index (κ1) is 13.7. The van der Waals surface area contributed by atoms with Crippen LogP contribution in [0.1, 0.15) is 19.1 Å². The quantitative estimate of drug-likeness (QED) is 0.806. The number of hydrogen-bond acceptors (Lipinski definition) is 4. The van der Waals surface area contributed by atoms with Crippen molar-refractivity contribution in [1.29, 1.82) is 0 Å². The molecule has 1 aromatic rings. The van der Waals surface area contributed by atoms with Gasteiger partial charge in [0.2, 0.25) is 0 Å².